The lowest BCUT2D eigenvalue weighted by atomic mass is 10.1. The number of rotatable bonds is 5. The zero-order chi connectivity index (χ0) is 17.9. The van der Waals surface area contributed by atoms with E-state index in [-0.39, 0.29) is 17.0 Å². The molecule has 0 bridgehead atoms. The summed E-state index contributed by atoms with van der Waals surface area (Å²) in [6.45, 7) is 1.88. The lowest BCUT2D eigenvalue weighted by molar-refractivity contribution is 0.0940. The minimum absolute atomic E-state index is 0.173. The van der Waals surface area contributed by atoms with Gasteiger partial charge in [0.1, 0.15) is 0 Å². The smallest absolute Gasteiger partial charge is 0.253 e. The Balaban J connectivity index is 2.19. The molecule has 0 aliphatic rings. The predicted molar refractivity (Wildman–Crippen MR) is 97.0 cm³/mol. The molecule has 0 saturated heterocycles. The van der Waals surface area contributed by atoms with E-state index in [4.69, 9.17) is 11.6 Å². The summed E-state index contributed by atoms with van der Waals surface area (Å²) in [4.78, 5) is 12.4. The minimum atomic E-state index is -3.39. The molecule has 24 heavy (non-hydrogen) atoms. The molecule has 1 atom stereocenters. The second kappa shape index (κ2) is 7.23. The van der Waals surface area contributed by atoms with Gasteiger partial charge in [0.05, 0.1) is 28.6 Å². The number of nitrogens with zero attached hydrogens (tertiary/aromatic N) is 1. The number of carbonyl (C=O) groups is 1. The lowest BCUT2D eigenvalue weighted by Crippen LogP contribution is -2.27. The lowest BCUT2D eigenvalue weighted by Gasteiger charge is -2.18. The number of carbonyl (C=O) groups excluding carboxylic acids is 1. The SMILES string of the molecule is C[C@H](NC(=O)c1ccc(N(C)S(C)(=O)=O)cc1Cl)c1ccccc1. The van der Waals surface area contributed by atoms with Gasteiger partial charge in [-0.1, -0.05) is 41.9 Å². The average molecular weight is 367 g/mol. The van der Waals surface area contributed by atoms with E-state index in [0.717, 1.165) is 16.1 Å². The van der Waals surface area contributed by atoms with Gasteiger partial charge in [0.25, 0.3) is 5.91 Å². The summed E-state index contributed by atoms with van der Waals surface area (Å²) in [7, 11) is -1.96. The Hall–Kier alpha value is -2.05. The third-order valence-corrected chi connectivity index (χ3v) is 5.22. The van der Waals surface area contributed by atoms with Crippen molar-refractivity contribution < 1.29 is 13.2 Å². The Morgan fingerprint density at radius 3 is 2.33 bits per heavy atom. The Labute approximate surface area is 147 Å². The molecule has 2 aromatic rings. The third-order valence-electron chi connectivity index (χ3n) is 3.71. The van der Waals surface area contributed by atoms with Gasteiger partial charge in [0.15, 0.2) is 0 Å². The molecule has 1 amide bonds. The van der Waals surface area contributed by atoms with E-state index >= 15 is 0 Å². The fraction of sp³-hybridized carbons (Fsp3) is 0.235. The highest BCUT2D eigenvalue weighted by Crippen LogP contribution is 2.25. The summed E-state index contributed by atoms with van der Waals surface area (Å²) in [6, 6.07) is 13.9. The number of hydrogen-bond acceptors (Lipinski definition) is 3. The molecule has 0 radical (unpaired) electrons. The summed E-state index contributed by atoms with van der Waals surface area (Å²) >= 11 is 6.17. The third kappa shape index (κ3) is 4.27. The standard InChI is InChI=1S/C17H19ClN2O3S/c1-12(13-7-5-4-6-8-13)19-17(21)15-10-9-14(11-16(15)18)20(2)24(3,22)23/h4-12H,1-3H3,(H,19,21)/t12-/m0/s1. The maximum atomic E-state index is 12.4. The molecule has 0 aromatic heterocycles. The van der Waals surface area contributed by atoms with E-state index in [9.17, 15) is 13.2 Å². The van der Waals surface area contributed by atoms with Crippen molar-refractivity contribution in [3.05, 3.63) is 64.7 Å². The van der Waals surface area contributed by atoms with Crippen LogP contribution in [0.5, 0.6) is 0 Å². The molecule has 0 heterocycles. The van der Waals surface area contributed by atoms with Crippen molar-refractivity contribution in [2.75, 3.05) is 17.6 Å². The van der Waals surface area contributed by atoms with E-state index < -0.39 is 10.0 Å². The molecule has 0 aliphatic carbocycles. The van der Waals surface area contributed by atoms with Crippen LogP contribution in [0.4, 0.5) is 5.69 Å². The molecular weight excluding hydrogens is 348 g/mol. The topological polar surface area (TPSA) is 66.5 Å². The predicted octanol–water partition coefficient (Wildman–Crippen LogP) is 3.23. The first-order chi connectivity index (χ1) is 11.2. The number of halogens is 1. The summed E-state index contributed by atoms with van der Waals surface area (Å²) in [5.74, 6) is -0.315. The Kier molecular flexibility index (Phi) is 5.51. The largest absolute Gasteiger partial charge is 0.345 e. The van der Waals surface area contributed by atoms with E-state index in [1.54, 1.807) is 6.07 Å². The Morgan fingerprint density at radius 2 is 1.79 bits per heavy atom. The van der Waals surface area contributed by atoms with Gasteiger partial charge in [0.2, 0.25) is 10.0 Å². The average Bonchev–Trinajstić information content (AvgIpc) is 2.53. The molecule has 1 N–H and O–H groups in total. The summed E-state index contributed by atoms with van der Waals surface area (Å²) < 4.78 is 24.2. The van der Waals surface area contributed by atoms with E-state index in [2.05, 4.69) is 5.32 Å². The summed E-state index contributed by atoms with van der Waals surface area (Å²) in [6.07, 6.45) is 1.10. The molecule has 0 aliphatic heterocycles. The molecule has 0 unspecified atom stereocenters. The zero-order valence-electron chi connectivity index (χ0n) is 13.7. The molecule has 128 valence electrons. The molecule has 7 heteroatoms. The quantitative estimate of drug-likeness (QED) is 0.883. The van der Waals surface area contributed by atoms with E-state index in [0.29, 0.717) is 11.3 Å². The first-order valence-corrected chi connectivity index (χ1v) is 9.52. The van der Waals surface area contributed by atoms with Crippen LogP contribution in [-0.4, -0.2) is 27.6 Å². The first kappa shape index (κ1) is 18.3. The van der Waals surface area contributed by atoms with Gasteiger partial charge >= 0.3 is 0 Å². The molecule has 0 spiro atoms. The number of sulfonamides is 1. The second-order valence-electron chi connectivity index (χ2n) is 5.50. The van der Waals surface area contributed by atoms with Crippen molar-refractivity contribution in [1.82, 2.24) is 5.32 Å². The van der Waals surface area contributed by atoms with Gasteiger partial charge in [-0.15, -0.1) is 0 Å². The highest BCUT2D eigenvalue weighted by molar-refractivity contribution is 7.92. The van der Waals surface area contributed by atoms with Crippen LogP contribution in [0, 0.1) is 0 Å². The minimum Gasteiger partial charge on any atom is -0.345 e. The van der Waals surface area contributed by atoms with Gasteiger partial charge in [-0.25, -0.2) is 8.42 Å². The fourth-order valence-corrected chi connectivity index (χ4v) is 2.93. The first-order valence-electron chi connectivity index (χ1n) is 7.29. The monoisotopic (exact) mass is 366 g/mol. The highest BCUT2D eigenvalue weighted by Gasteiger charge is 2.17. The van der Waals surface area contributed by atoms with Gasteiger partial charge in [-0.05, 0) is 30.7 Å². The zero-order valence-corrected chi connectivity index (χ0v) is 15.2. The number of nitrogens with one attached hydrogen (secondary N) is 1. The molecule has 0 saturated carbocycles. The number of benzene rings is 2. The van der Waals surface area contributed by atoms with Crippen molar-refractivity contribution in [3.8, 4) is 0 Å². The maximum Gasteiger partial charge on any atom is 0.253 e. The Morgan fingerprint density at radius 1 is 1.17 bits per heavy atom. The summed E-state index contributed by atoms with van der Waals surface area (Å²) in [5.41, 5.74) is 1.68. The number of amides is 1. The van der Waals surface area contributed by atoms with E-state index in [1.165, 1.54) is 19.2 Å². The molecular formula is C17H19ClN2O3S. The van der Waals surface area contributed by atoms with Crippen molar-refractivity contribution in [2.24, 2.45) is 0 Å². The van der Waals surface area contributed by atoms with Crippen LogP contribution in [0.1, 0.15) is 28.9 Å². The molecule has 2 aromatic carbocycles. The van der Waals surface area contributed by atoms with Gasteiger partial charge in [-0.2, -0.15) is 0 Å². The van der Waals surface area contributed by atoms with Crippen LogP contribution >= 0.6 is 11.6 Å². The van der Waals surface area contributed by atoms with Crippen LogP contribution in [0.15, 0.2) is 48.5 Å². The van der Waals surface area contributed by atoms with E-state index in [1.807, 2.05) is 37.3 Å². The van der Waals surface area contributed by atoms with Crippen LogP contribution in [0.2, 0.25) is 5.02 Å². The maximum absolute atomic E-state index is 12.4. The number of anilines is 1. The fourth-order valence-electron chi connectivity index (χ4n) is 2.17. The molecule has 0 fully saturated rings. The molecule has 2 rings (SSSR count). The van der Waals surface area contributed by atoms with Crippen molar-refractivity contribution >= 4 is 33.2 Å². The second-order valence-corrected chi connectivity index (χ2v) is 7.92. The van der Waals surface area contributed by atoms with Crippen LogP contribution in [0.25, 0.3) is 0 Å². The van der Waals surface area contributed by atoms with Crippen LogP contribution in [0.3, 0.4) is 0 Å². The van der Waals surface area contributed by atoms with Gasteiger partial charge in [0, 0.05) is 7.05 Å². The molecule has 5 nitrogen and oxygen atoms in total. The summed E-state index contributed by atoms with van der Waals surface area (Å²) in [5, 5.41) is 3.07. The van der Waals surface area contributed by atoms with Crippen LogP contribution < -0.4 is 9.62 Å². The van der Waals surface area contributed by atoms with Crippen molar-refractivity contribution in [3.63, 3.8) is 0 Å². The van der Waals surface area contributed by atoms with Crippen LogP contribution in [-0.2, 0) is 10.0 Å². The number of hydrogen-bond donors (Lipinski definition) is 1. The van der Waals surface area contributed by atoms with Crippen molar-refractivity contribution in [2.45, 2.75) is 13.0 Å². The van der Waals surface area contributed by atoms with Gasteiger partial charge < -0.3 is 5.32 Å². The van der Waals surface area contributed by atoms with Gasteiger partial charge in [-0.3, -0.25) is 9.10 Å². The highest BCUT2D eigenvalue weighted by atomic mass is 35.5. The normalized spacial score (nSPS) is 12.5. The Bertz CT molecular complexity index is 838. The van der Waals surface area contributed by atoms with Crippen molar-refractivity contribution in [1.29, 1.82) is 0 Å².